The van der Waals surface area contributed by atoms with Crippen LogP contribution in [0.5, 0.6) is 11.5 Å². The molecule has 1 heterocycles. The average Bonchev–Trinajstić information content (AvgIpc) is 3.17. The van der Waals surface area contributed by atoms with E-state index in [1.54, 1.807) is 57.4 Å². The lowest BCUT2D eigenvalue weighted by molar-refractivity contribution is -0.137. The third-order valence-corrected chi connectivity index (χ3v) is 6.64. The summed E-state index contributed by atoms with van der Waals surface area (Å²) in [5, 5.41) is 2.82. The lowest BCUT2D eigenvalue weighted by Gasteiger charge is -2.17. The molecule has 0 aliphatic carbocycles. The monoisotopic (exact) mass is 572 g/mol. The fourth-order valence-electron chi connectivity index (χ4n) is 4.08. The van der Waals surface area contributed by atoms with Crippen LogP contribution in [0.25, 0.3) is 5.69 Å². The third kappa shape index (κ3) is 5.83. The highest BCUT2D eigenvalue weighted by atomic mass is 79.9. The number of nitrogens with one attached hydrogen (secondary N) is 1. The molecular formula is C28H24BrF3N2O3. The first kappa shape index (κ1) is 26.3. The van der Waals surface area contributed by atoms with Crippen LogP contribution in [-0.4, -0.2) is 17.6 Å². The van der Waals surface area contributed by atoms with Gasteiger partial charge in [-0.1, -0.05) is 34.1 Å². The number of hydrogen-bond acceptors (Lipinski definition) is 3. The summed E-state index contributed by atoms with van der Waals surface area (Å²) >= 11 is 3.50. The van der Waals surface area contributed by atoms with Crippen LogP contribution in [0, 0.1) is 13.8 Å². The molecule has 0 spiro atoms. The Kier molecular flexibility index (Phi) is 7.63. The molecule has 1 aromatic heterocycles. The Labute approximate surface area is 221 Å². The summed E-state index contributed by atoms with van der Waals surface area (Å²) in [5.74, 6) is 0.812. The van der Waals surface area contributed by atoms with Crippen molar-refractivity contribution in [2.24, 2.45) is 0 Å². The number of carbonyl (C=O) groups is 1. The smallest absolute Gasteiger partial charge is 0.418 e. The summed E-state index contributed by atoms with van der Waals surface area (Å²) < 4.78 is 54.3. The van der Waals surface area contributed by atoms with Crippen molar-refractivity contribution in [3.63, 3.8) is 0 Å². The van der Waals surface area contributed by atoms with E-state index in [1.165, 1.54) is 16.7 Å². The molecule has 5 nitrogen and oxygen atoms in total. The zero-order valence-electron chi connectivity index (χ0n) is 20.3. The van der Waals surface area contributed by atoms with Crippen LogP contribution >= 0.6 is 15.9 Å². The van der Waals surface area contributed by atoms with Gasteiger partial charge in [0, 0.05) is 33.2 Å². The number of nitrogens with zero attached hydrogens (tertiary/aromatic N) is 1. The molecule has 0 saturated heterocycles. The predicted molar refractivity (Wildman–Crippen MR) is 140 cm³/mol. The molecule has 0 aliphatic heterocycles. The number of benzene rings is 3. The molecular weight excluding hydrogens is 549 g/mol. The van der Waals surface area contributed by atoms with Crippen molar-refractivity contribution >= 4 is 27.5 Å². The van der Waals surface area contributed by atoms with Crippen LogP contribution in [-0.2, 0) is 12.8 Å². The molecule has 192 valence electrons. The van der Waals surface area contributed by atoms with Crippen LogP contribution in [0.4, 0.5) is 18.9 Å². The quantitative estimate of drug-likeness (QED) is 0.246. The number of aromatic nitrogens is 1. The second-order valence-corrected chi connectivity index (χ2v) is 9.22. The van der Waals surface area contributed by atoms with Gasteiger partial charge in [0.15, 0.2) is 0 Å². The van der Waals surface area contributed by atoms with Gasteiger partial charge in [0.05, 0.1) is 23.9 Å². The van der Waals surface area contributed by atoms with Gasteiger partial charge in [-0.15, -0.1) is 0 Å². The molecule has 0 bridgehead atoms. The Bertz CT molecular complexity index is 1450. The van der Waals surface area contributed by atoms with Crippen LogP contribution < -0.4 is 14.8 Å². The van der Waals surface area contributed by atoms with Crippen molar-refractivity contribution < 1.29 is 27.4 Å². The van der Waals surface area contributed by atoms with Crippen molar-refractivity contribution in [3.8, 4) is 17.2 Å². The fraction of sp³-hybridized carbons (Fsp3) is 0.179. The first-order chi connectivity index (χ1) is 17.6. The largest absolute Gasteiger partial charge is 0.497 e. The number of para-hydroxylation sites is 1. The van der Waals surface area contributed by atoms with E-state index in [-0.39, 0.29) is 17.9 Å². The lowest BCUT2D eigenvalue weighted by atomic mass is 10.1. The van der Waals surface area contributed by atoms with Gasteiger partial charge in [-0.25, -0.2) is 0 Å². The summed E-state index contributed by atoms with van der Waals surface area (Å²) in [6.07, 6.45) is -4.52. The standard InChI is InChI=1S/C28H24BrF3N2O3/c1-17-13-23(18(2)34(17)26-10-5-4-9-24(26)28(30,31)32)27(35)33-20-7-6-8-22(15-20)37-16-19-14-21(36-3)11-12-25(19)29/h4-15H,16H2,1-3H3,(H,33,35). The molecule has 9 heteroatoms. The van der Waals surface area contributed by atoms with E-state index in [4.69, 9.17) is 9.47 Å². The second kappa shape index (κ2) is 10.7. The summed E-state index contributed by atoms with van der Waals surface area (Å²) in [6, 6.07) is 19.4. The van der Waals surface area contributed by atoms with Gasteiger partial charge in [0.1, 0.15) is 18.1 Å². The Hall–Kier alpha value is -3.72. The van der Waals surface area contributed by atoms with E-state index in [9.17, 15) is 18.0 Å². The number of rotatable bonds is 7. The number of ether oxygens (including phenoxy) is 2. The van der Waals surface area contributed by atoms with Gasteiger partial charge in [0.2, 0.25) is 0 Å². The normalized spacial score (nSPS) is 11.3. The summed E-state index contributed by atoms with van der Waals surface area (Å²) in [6.45, 7) is 3.57. The average molecular weight is 573 g/mol. The molecule has 0 unspecified atom stereocenters. The number of carbonyl (C=O) groups excluding carboxylic acids is 1. The number of amides is 1. The molecule has 0 fully saturated rings. The Morgan fingerprint density at radius 1 is 0.973 bits per heavy atom. The second-order valence-electron chi connectivity index (χ2n) is 8.36. The lowest BCUT2D eigenvalue weighted by Crippen LogP contribution is -2.15. The molecule has 4 rings (SSSR count). The Morgan fingerprint density at radius 3 is 2.46 bits per heavy atom. The van der Waals surface area contributed by atoms with Gasteiger partial charge in [0.25, 0.3) is 5.91 Å². The summed E-state index contributed by atoms with van der Waals surface area (Å²) in [4.78, 5) is 13.1. The fourth-order valence-corrected chi connectivity index (χ4v) is 4.44. The highest BCUT2D eigenvalue weighted by Crippen LogP contribution is 2.35. The SMILES string of the molecule is COc1ccc(Br)c(COc2cccc(NC(=O)c3cc(C)n(-c4ccccc4C(F)(F)F)c3C)c2)c1. The summed E-state index contributed by atoms with van der Waals surface area (Å²) in [5.41, 5.74) is 1.79. The minimum Gasteiger partial charge on any atom is -0.497 e. The minimum atomic E-state index is -4.52. The first-order valence-electron chi connectivity index (χ1n) is 11.3. The number of halogens is 4. The molecule has 1 N–H and O–H groups in total. The van der Waals surface area contributed by atoms with Gasteiger partial charge in [-0.3, -0.25) is 4.79 Å². The van der Waals surface area contributed by atoms with Gasteiger partial charge >= 0.3 is 6.18 Å². The number of aryl methyl sites for hydroxylation is 1. The van der Waals surface area contributed by atoms with Crippen molar-refractivity contribution in [3.05, 3.63) is 105 Å². The Morgan fingerprint density at radius 2 is 1.73 bits per heavy atom. The molecule has 37 heavy (non-hydrogen) atoms. The van der Waals surface area contributed by atoms with Crippen LogP contribution in [0.1, 0.15) is 32.9 Å². The molecule has 4 aromatic rings. The van der Waals surface area contributed by atoms with Crippen molar-refractivity contribution in [2.45, 2.75) is 26.6 Å². The number of hydrogen-bond donors (Lipinski definition) is 1. The molecule has 0 aliphatic rings. The Balaban J connectivity index is 1.54. The maximum Gasteiger partial charge on any atom is 0.418 e. The molecule has 1 amide bonds. The molecule has 0 saturated carbocycles. The van der Waals surface area contributed by atoms with Crippen molar-refractivity contribution in [2.75, 3.05) is 12.4 Å². The van der Waals surface area contributed by atoms with E-state index < -0.39 is 17.6 Å². The van der Waals surface area contributed by atoms with Gasteiger partial charge in [-0.05, 0) is 62.4 Å². The van der Waals surface area contributed by atoms with Gasteiger partial charge in [-0.2, -0.15) is 13.2 Å². The zero-order valence-corrected chi connectivity index (χ0v) is 21.9. The van der Waals surface area contributed by atoms with E-state index in [2.05, 4.69) is 21.2 Å². The zero-order chi connectivity index (χ0) is 26.7. The van der Waals surface area contributed by atoms with Gasteiger partial charge < -0.3 is 19.4 Å². The molecule has 3 aromatic carbocycles. The predicted octanol–water partition coefficient (Wildman–Crippen LogP) is 7.72. The minimum absolute atomic E-state index is 0.0249. The highest BCUT2D eigenvalue weighted by molar-refractivity contribution is 9.10. The van der Waals surface area contributed by atoms with E-state index in [1.807, 2.05) is 18.2 Å². The maximum atomic E-state index is 13.6. The maximum absolute atomic E-state index is 13.6. The first-order valence-corrected chi connectivity index (χ1v) is 12.1. The van der Waals surface area contributed by atoms with Crippen LogP contribution in [0.2, 0.25) is 0 Å². The number of anilines is 1. The molecule has 0 atom stereocenters. The van der Waals surface area contributed by atoms with Crippen LogP contribution in [0.15, 0.2) is 77.3 Å². The highest BCUT2D eigenvalue weighted by Gasteiger charge is 2.34. The van der Waals surface area contributed by atoms with Crippen LogP contribution in [0.3, 0.4) is 0 Å². The van der Waals surface area contributed by atoms with E-state index in [0.29, 0.717) is 28.6 Å². The third-order valence-electron chi connectivity index (χ3n) is 5.87. The topological polar surface area (TPSA) is 52.5 Å². The number of alkyl halides is 3. The van der Waals surface area contributed by atoms with Crippen molar-refractivity contribution in [1.82, 2.24) is 4.57 Å². The summed E-state index contributed by atoms with van der Waals surface area (Å²) in [7, 11) is 1.59. The van der Waals surface area contributed by atoms with E-state index >= 15 is 0 Å². The molecule has 0 radical (unpaired) electrons. The van der Waals surface area contributed by atoms with E-state index in [0.717, 1.165) is 16.1 Å². The van der Waals surface area contributed by atoms with Crippen molar-refractivity contribution in [1.29, 1.82) is 0 Å². The number of methoxy groups -OCH3 is 1.